The van der Waals surface area contributed by atoms with Gasteiger partial charge >= 0.3 is 6.18 Å². The Bertz CT molecular complexity index is 789. The Hall–Kier alpha value is -1.42. The fourth-order valence-electron chi connectivity index (χ4n) is 4.00. The number of hydrogen-bond acceptors (Lipinski definition) is 4. The van der Waals surface area contributed by atoms with Gasteiger partial charge in [0, 0.05) is 25.2 Å². The largest absolute Gasteiger partial charge is 0.416 e. The maximum Gasteiger partial charge on any atom is 0.416 e. The number of benzene rings is 1. The molecule has 0 spiro atoms. The van der Waals surface area contributed by atoms with Crippen molar-refractivity contribution >= 4 is 10.0 Å². The minimum absolute atomic E-state index is 0.0966. The molecule has 1 aromatic rings. The number of ether oxygens (including phenoxy) is 1. The van der Waals surface area contributed by atoms with E-state index in [9.17, 15) is 21.6 Å². The summed E-state index contributed by atoms with van der Waals surface area (Å²) in [6.45, 7) is 6.32. The van der Waals surface area contributed by atoms with Crippen LogP contribution < -0.4 is 5.73 Å². The number of rotatable bonds is 11. The van der Waals surface area contributed by atoms with E-state index < -0.39 is 21.8 Å². The molecule has 2 N–H and O–H groups in total. The van der Waals surface area contributed by atoms with Crippen molar-refractivity contribution < 1.29 is 26.3 Å². The normalized spacial score (nSPS) is 21.2. The average Bonchev–Trinajstić information content (AvgIpc) is 2.72. The first kappa shape index (κ1) is 25.8. The molecule has 0 radical (unpaired) electrons. The fourth-order valence-corrected chi connectivity index (χ4v) is 5.70. The molecule has 1 unspecified atom stereocenters. The SMILES string of the molecule is C=CCC(N)CCCO[C@H]1CC[C@H](N(CC)S(=O)(=O)c2ccc(C(F)(F)F)cc2)CC1. The van der Waals surface area contributed by atoms with E-state index in [0.717, 1.165) is 56.4 Å². The molecule has 5 nitrogen and oxygen atoms in total. The molecule has 1 saturated carbocycles. The summed E-state index contributed by atoms with van der Waals surface area (Å²) in [6.07, 6.45) is 2.76. The van der Waals surface area contributed by atoms with Gasteiger partial charge < -0.3 is 10.5 Å². The molecule has 0 saturated heterocycles. The highest BCUT2D eigenvalue weighted by Crippen LogP contribution is 2.32. The quantitative estimate of drug-likeness (QED) is 0.381. The lowest BCUT2D eigenvalue weighted by atomic mass is 9.93. The van der Waals surface area contributed by atoms with Crippen LogP contribution in [0.3, 0.4) is 0 Å². The molecule has 176 valence electrons. The molecule has 0 bridgehead atoms. The second-order valence-corrected chi connectivity index (χ2v) is 9.85. The Balaban J connectivity index is 1.90. The molecule has 1 aliphatic carbocycles. The van der Waals surface area contributed by atoms with Gasteiger partial charge in [-0.15, -0.1) is 6.58 Å². The van der Waals surface area contributed by atoms with Gasteiger partial charge in [-0.25, -0.2) is 8.42 Å². The smallest absolute Gasteiger partial charge is 0.378 e. The highest BCUT2D eigenvalue weighted by molar-refractivity contribution is 7.89. The van der Waals surface area contributed by atoms with Crippen molar-refractivity contribution in [2.24, 2.45) is 5.73 Å². The third-order valence-corrected chi connectivity index (χ3v) is 7.73. The van der Waals surface area contributed by atoms with E-state index in [1.807, 2.05) is 6.08 Å². The minimum Gasteiger partial charge on any atom is -0.378 e. The molecule has 9 heteroatoms. The molecule has 0 aliphatic heterocycles. The zero-order valence-electron chi connectivity index (χ0n) is 18.0. The van der Waals surface area contributed by atoms with Crippen molar-refractivity contribution in [2.45, 2.75) is 81.1 Å². The van der Waals surface area contributed by atoms with Gasteiger partial charge in [0.05, 0.1) is 16.6 Å². The Kier molecular flexibility index (Phi) is 9.54. The Labute approximate surface area is 183 Å². The summed E-state index contributed by atoms with van der Waals surface area (Å²) in [4.78, 5) is -0.114. The molecule has 1 aromatic carbocycles. The first-order chi connectivity index (χ1) is 14.6. The van der Waals surface area contributed by atoms with Crippen molar-refractivity contribution in [1.82, 2.24) is 4.31 Å². The molecule has 0 aromatic heterocycles. The van der Waals surface area contributed by atoms with Crippen LogP contribution in [0.4, 0.5) is 13.2 Å². The predicted octanol–water partition coefficient (Wildman–Crippen LogP) is 4.73. The highest BCUT2D eigenvalue weighted by Gasteiger charge is 2.35. The molecule has 1 aliphatic rings. The fraction of sp³-hybridized carbons (Fsp3) is 0.636. The van der Waals surface area contributed by atoms with E-state index in [2.05, 4.69) is 6.58 Å². The monoisotopic (exact) mass is 462 g/mol. The Morgan fingerprint density at radius 3 is 2.35 bits per heavy atom. The van der Waals surface area contributed by atoms with E-state index in [0.29, 0.717) is 19.4 Å². The maximum atomic E-state index is 13.0. The zero-order chi connectivity index (χ0) is 23.1. The summed E-state index contributed by atoms with van der Waals surface area (Å²) in [5.74, 6) is 0. The average molecular weight is 463 g/mol. The zero-order valence-corrected chi connectivity index (χ0v) is 18.8. The first-order valence-corrected chi connectivity index (χ1v) is 12.2. The van der Waals surface area contributed by atoms with Crippen LogP contribution in [0.25, 0.3) is 0 Å². The predicted molar refractivity (Wildman–Crippen MR) is 115 cm³/mol. The van der Waals surface area contributed by atoms with Gasteiger partial charge in [-0.3, -0.25) is 0 Å². The summed E-state index contributed by atoms with van der Waals surface area (Å²) >= 11 is 0. The molecule has 2 rings (SSSR count). The summed E-state index contributed by atoms with van der Waals surface area (Å²) in [6, 6.07) is 3.61. The topological polar surface area (TPSA) is 72.6 Å². The van der Waals surface area contributed by atoms with Gasteiger partial charge in [0.1, 0.15) is 0 Å². The molecule has 1 fully saturated rings. The Morgan fingerprint density at radius 1 is 1.23 bits per heavy atom. The van der Waals surface area contributed by atoms with Gasteiger partial charge in [-0.05, 0) is 69.2 Å². The van der Waals surface area contributed by atoms with Gasteiger partial charge in [0.2, 0.25) is 10.0 Å². The third kappa shape index (κ3) is 7.30. The molecular weight excluding hydrogens is 429 g/mol. The van der Waals surface area contributed by atoms with Crippen molar-refractivity contribution in [2.75, 3.05) is 13.2 Å². The Morgan fingerprint density at radius 2 is 1.84 bits per heavy atom. The van der Waals surface area contributed by atoms with E-state index in [1.54, 1.807) is 6.92 Å². The van der Waals surface area contributed by atoms with E-state index >= 15 is 0 Å². The van der Waals surface area contributed by atoms with Crippen LogP contribution in [-0.4, -0.2) is 44.1 Å². The molecular formula is C22H33F3N2O3S. The van der Waals surface area contributed by atoms with E-state index in [1.165, 1.54) is 4.31 Å². The van der Waals surface area contributed by atoms with Crippen LogP contribution in [0.1, 0.15) is 57.4 Å². The minimum atomic E-state index is -4.50. The number of nitrogens with two attached hydrogens (primary N) is 1. The van der Waals surface area contributed by atoms with Gasteiger partial charge in [-0.2, -0.15) is 17.5 Å². The number of hydrogen-bond donors (Lipinski definition) is 1. The van der Waals surface area contributed by atoms with Crippen LogP contribution >= 0.6 is 0 Å². The maximum absolute atomic E-state index is 13.0. The second-order valence-electron chi connectivity index (χ2n) is 7.96. The number of halogens is 3. The lowest BCUT2D eigenvalue weighted by Crippen LogP contribution is -2.43. The third-order valence-electron chi connectivity index (χ3n) is 5.69. The number of nitrogens with zero attached hydrogens (tertiary/aromatic N) is 1. The van der Waals surface area contributed by atoms with E-state index in [-0.39, 0.29) is 29.6 Å². The standard InChI is InChI=1S/C22H33F3N2O3S/c1-3-6-18(26)7-5-16-30-20-12-10-19(11-13-20)27(4-2)31(28,29)21-14-8-17(9-15-21)22(23,24)25/h3,8-9,14-15,18-20H,1,4-7,10-13,16,26H2,2H3/t18?,19-,20-. The van der Waals surface area contributed by atoms with Gasteiger partial charge in [0.15, 0.2) is 0 Å². The van der Waals surface area contributed by atoms with Crippen molar-refractivity contribution in [3.05, 3.63) is 42.5 Å². The number of sulfonamides is 1. The second kappa shape index (κ2) is 11.4. The molecule has 0 heterocycles. The van der Waals surface area contributed by atoms with Crippen LogP contribution in [0.15, 0.2) is 41.8 Å². The lowest BCUT2D eigenvalue weighted by molar-refractivity contribution is -0.137. The van der Waals surface area contributed by atoms with Crippen molar-refractivity contribution in [1.29, 1.82) is 0 Å². The van der Waals surface area contributed by atoms with Gasteiger partial charge in [0.25, 0.3) is 0 Å². The van der Waals surface area contributed by atoms with Crippen molar-refractivity contribution in [3.63, 3.8) is 0 Å². The molecule has 31 heavy (non-hydrogen) atoms. The summed E-state index contributed by atoms with van der Waals surface area (Å²) in [7, 11) is -3.86. The van der Waals surface area contributed by atoms with Crippen LogP contribution in [0.2, 0.25) is 0 Å². The van der Waals surface area contributed by atoms with Crippen LogP contribution in [-0.2, 0) is 20.9 Å². The van der Waals surface area contributed by atoms with Crippen LogP contribution in [0.5, 0.6) is 0 Å². The summed E-state index contributed by atoms with van der Waals surface area (Å²) in [5, 5.41) is 0. The highest BCUT2D eigenvalue weighted by atomic mass is 32.2. The van der Waals surface area contributed by atoms with Crippen molar-refractivity contribution in [3.8, 4) is 0 Å². The molecule has 0 amide bonds. The van der Waals surface area contributed by atoms with Gasteiger partial charge in [-0.1, -0.05) is 13.0 Å². The summed E-state index contributed by atoms with van der Waals surface area (Å²) < 4.78 is 71.7. The molecule has 1 atom stereocenters. The number of alkyl halides is 3. The van der Waals surface area contributed by atoms with Crippen LogP contribution in [0, 0.1) is 0 Å². The van der Waals surface area contributed by atoms with E-state index in [4.69, 9.17) is 10.5 Å². The first-order valence-electron chi connectivity index (χ1n) is 10.8. The summed E-state index contributed by atoms with van der Waals surface area (Å²) in [5.41, 5.74) is 5.08. The lowest BCUT2D eigenvalue weighted by Gasteiger charge is -2.35.